The minimum atomic E-state index is -0.434. The number of hydrogen-bond donors (Lipinski definition) is 1. The van der Waals surface area contributed by atoms with E-state index >= 15 is 0 Å². The summed E-state index contributed by atoms with van der Waals surface area (Å²) in [6.45, 7) is 1.50. The van der Waals surface area contributed by atoms with Gasteiger partial charge in [-0.3, -0.25) is 0 Å². The van der Waals surface area contributed by atoms with Crippen LogP contribution in [-0.2, 0) is 17.7 Å². The number of hydrogen-bond acceptors (Lipinski definition) is 4. The normalized spacial score (nSPS) is 10.4. The topological polar surface area (TPSA) is 51.5 Å². The summed E-state index contributed by atoms with van der Waals surface area (Å²) in [6.07, 6.45) is 3.60. The van der Waals surface area contributed by atoms with Crippen molar-refractivity contribution in [3.63, 3.8) is 0 Å². The van der Waals surface area contributed by atoms with Gasteiger partial charge in [0.1, 0.15) is 0 Å². The molecule has 0 radical (unpaired) electrons. The van der Waals surface area contributed by atoms with E-state index in [4.69, 9.17) is 4.42 Å². The lowest BCUT2D eigenvalue weighted by Crippen LogP contribution is -2.17. The van der Waals surface area contributed by atoms with Gasteiger partial charge >= 0.3 is 5.97 Å². The van der Waals surface area contributed by atoms with E-state index < -0.39 is 5.97 Å². The number of methoxy groups -OCH3 is 1. The molecule has 1 heterocycles. The van der Waals surface area contributed by atoms with Crippen molar-refractivity contribution in [2.75, 3.05) is 13.7 Å². The Labute approximate surface area is 118 Å². The zero-order valence-corrected chi connectivity index (χ0v) is 11.6. The molecule has 0 amide bonds. The minimum absolute atomic E-state index is 0.281. The summed E-state index contributed by atoms with van der Waals surface area (Å²) < 4.78 is 9.79. The molecular formula is C16H19NO3. The average Bonchev–Trinajstić information content (AvgIpc) is 2.95. The van der Waals surface area contributed by atoms with Crippen LogP contribution in [0.5, 0.6) is 0 Å². The summed E-state index contributed by atoms with van der Waals surface area (Å²) in [5, 5.41) is 3.31. The Kier molecular flexibility index (Phi) is 5.38. The molecule has 1 aromatic carbocycles. The molecule has 0 aliphatic rings. The van der Waals surface area contributed by atoms with Crippen LogP contribution in [0.3, 0.4) is 0 Å². The number of furan rings is 1. The standard InChI is InChI=1S/C16H19NO3/c1-19-16(18)15-14(9-11-20-15)12-17-10-5-8-13-6-3-2-4-7-13/h2-4,6-7,9,11,17H,5,8,10,12H2,1H3. The highest BCUT2D eigenvalue weighted by Crippen LogP contribution is 2.11. The van der Waals surface area contributed by atoms with E-state index in [1.807, 2.05) is 6.07 Å². The Morgan fingerprint density at radius 3 is 2.80 bits per heavy atom. The quantitative estimate of drug-likeness (QED) is 0.622. The molecular weight excluding hydrogens is 254 g/mol. The molecule has 20 heavy (non-hydrogen) atoms. The number of esters is 1. The van der Waals surface area contributed by atoms with Crippen LogP contribution in [0.15, 0.2) is 47.1 Å². The third-order valence-corrected chi connectivity index (χ3v) is 3.09. The molecule has 0 aliphatic carbocycles. The van der Waals surface area contributed by atoms with Gasteiger partial charge in [0.15, 0.2) is 0 Å². The van der Waals surface area contributed by atoms with Gasteiger partial charge < -0.3 is 14.5 Å². The van der Waals surface area contributed by atoms with E-state index in [0.29, 0.717) is 6.54 Å². The Hall–Kier alpha value is -2.07. The van der Waals surface area contributed by atoms with Crippen LogP contribution in [0.25, 0.3) is 0 Å². The molecule has 2 aromatic rings. The van der Waals surface area contributed by atoms with Gasteiger partial charge in [0.25, 0.3) is 0 Å². The van der Waals surface area contributed by atoms with Crippen LogP contribution in [0.4, 0.5) is 0 Å². The second-order valence-corrected chi connectivity index (χ2v) is 4.53. The first-order valence-electron chi connectivity index (χ1n) is 6.70. The average molecular weight is 273 g/mol. The van der Waals surface area contributed by atoms with Crippen LogP contribution in [-0.4, -0.2) is 19.6 Å². The van der Waals surface area contributed by atoms with Gasteiger partial charge in [-0.05, 0) is 31.0 Å². The maximum absolute atomic E-state index is 11.4. The summed E-state index contributed by atoms with van der Waals surface area (Å²) in [5.41, 5.74) is 2.17. The van der Waals surface area contributed by atoms with E-state index in [2.05, 4.69) is 34.3 Å². The van der Waals surface area contributed by atoms with E-state index in [1.165, 1.54) is 18.9 Å². The number of rotatable bonds is 7. The van der Waals surface area contributed by atoms with E-state index in [-0.39, 0.29) is 5.76 Å². The van der Waals surface area contributed by atoms with Crippen molar-refractivity contribution in [1.82, 2.24) is 5.32 Å². The first-order chi connectivity index (χ1) is 9.81. The molecule has 106 valence electrons. The monoisotopic (exact) mass is 273 g/mol. The number of carbonyl (C=O) groups excluding carboxylic acids is 1. The first-order valence-corrected chi connectivity index (χ1v) is 6.70. The smallest absolute Gasteiger partial charge is 0.374 e. The van der Waals surface area contributed by atoms with E-state index in [1.54, 1.807) is 6.07 Å². The van der Waals surface area contributed by atoms with Crippen molar-refractivity contribution in [2.45, 2.75) is 19.4 Å². The number of benzene rings is 1. The Morgan fingerprint density at radius 1 is 1.25 bits per heavy atom. The molecule has 1 aromatic heterocycles. The lowest BCUT2D eigenvalue weighted by atomic mass is 10.1. The SMILES string of the molecule is COC(=O)c1occc1CNCCCc1ccccc1. The molecule has 0 atom stereocenters. The molecule has 4 heteroatoms. The molecule has 0 spiro atoms. The third kappa shape index (κ3) is 3.96. The summed E-state index contributed by atoms with van der Waals surface area (Å²) in [7, 11) is 1.35. The fourth-order valence-electron chi connectivity index (χ4n) is 2.03. The van der Waals surface area contributed by atoms with E-state index in [0.717, 1.165) is 24.9 Å². The number of carbonyl (C=O) groups is 1. The van der Waals surface area contributed by atoms with Crippen LogP contribution in [0, 0.1) is 0 Å². The lowest BCUT2D eigenvalue weighted by molar-refractivity contribution is 0.0563. The molecule has 0 aliphatic heterocycles. The second-order valence-electron chi connectivity index (χ2n) is 4.53. The fraction of sp³-hybridized carbons (Fsp3) is 0.312. The van der Waals surface area contributed by atoms with Gasteiger partial charge in [-0.15, -0.1) is 0 Å². The van der Waals surface area contributed by atoms with Gasteiger partial charge in [-0.25, -0.2) is 4.79 Å². The first kappa shape index (κ1) is 14.3. The van der Waals surface area contributed by atoms with Crippen molar-refractivity contribution in [1.29, 1.82) is 0 Å². The third-order valence-electron chi connectivity index (χ3n) is 3.09. The van der Waals surface area contributed by atoms with E-state index in [9.17, 15) is 4.79 Å². The second kappa shape index (κ2) is 7.50. The molecule has 1 N–H and O–H groups in total. The van der Waals surface area contributed by atoms with Gasteiger partial charge in [0.2, 0.25) is 5.76 Å². The molecule has 4 nitrogen and oxygen atoms in total. The predicted octanol–water partition coefficient (Wildman–Crippen LogP) is 2.79. The zero-order valence-electron chi connectivity index (χ0n) is 11.6. The van der Waals surface area contributed by atoms with Crippen LogP contribution in [0.1, 0.15) is 28.1 Å². The zero-order chi connectivity index (χ0) is 14.2. The highest BCUT2D eigenvalue weighted by Gasteiger charge is 2.14. The maximum Gasteiger partial charge on any atom is 0.374 e. The van der Waals surface area contributed by atoms with Crippen molar-refractivity contribution in [3.05, 3.63) is 59.5 Å². The molecule has 0 saturated carbocycles. The Morgan fingerprint density at radius 2 is 2.05 bits per heavy atom. The van der Waals surface area contributed by atoms with Gasteiger partial charge in [-0.2, -0.15) is 0 Å². The van der Waals surface area contributed by atoms with Crippen molar-refractivity contribution < 1.29 is 13.9 Å². The highest BCUT2D eigenvalue weighted by molar-refractivity contribution is 5.87. The maximum atomic E-state index is 11.4. The van der Waals surface area contributed by atoms with Gasteiger partial charge in [0.05, 0.1) is 13.4 Å². The molecule has 0 unspecified atom stereocenters. The number of aryl methyl sites for hydroxylation is 1. The van der Waals surface area contributed by atoms with Gasteiger partial charge in [0, 0.05) is 12.1 Å². The Balaban J connectivity index is 1.71. The van der Waals surface area contributed by atoms with Crippen molar-refractivity contribution in [3.8, 4) is 0 Å². The summed E-state index contributed by atoms with van der Waals surface area (Å²) >= 11 is 0. The molecule has 0 fully saturated rings. The summed E-state index contributed by atoms with van der Waals surface area (Å²) in [4.78, 5) is 11.4. The highest BCUT2D eigenvalue weighted by atomic mass is 16.5. The fourth-order valence-corrected chi connectivity index (χ4v) is 2.03. The summed E-state index contributed by atoms with van der Waals surface area (Å²) in [6, 6.07) is 12.2. The lowest BCUT2D eigenvalue weighted by Gasteiger charge is -2.05. The summed E-state index contributed by atoms with van der Waals surface area (Å²) in [5.74, 6) is -0.154. The number of ether oxygens (including phenoxy) is 1. The number of nitrogens with one attached hydrogen (secondary N) is 1. The predicted molar refractivity (Wildman–Crippen MR) is 76.5 cm³/mol. The Bertz CT molecular complexity index is 534. The van der Waals surface area contributed by atoms with Crippen LogP contribution < -0.4 is 5.32 Å². The largest absolute Gasteiger partial charge is 0.463 e. The van der Waals surface area contributed by atoms with Gasteiger partial charge in [-0.1, -0.05) is 30.3 Å². The van der Waals surface area contributed by atoms with Crippen molar-refractivity contribution in [2.24, 2.45) is 0 Å². The molecule has 0 saturated heterocycles. The van der Waals surface area contributed by atoms with Crippen LogP contribution >= 0.6 is 0 Å². The molecule has 0 bridgehead atoms. The van der Waals surface area contributed by atoms with Crippen molar-refractivity contribution >= 4 is 5.97 Å². The minimum Gasteiger partial charge on any atom is -0.463 e. The molecule has 2 rings (SSSR count). The van der Waals surface area contributed by atoms with Crippen LogP contribution in [0.2, 0.25) is 0 Å².